The molecule has 1 rings (SSSR count). The van der Waals surface area contributed by atoms with E-state index in [0.29, 0.717) is 6.54 Å². The molecule has 0 fully saturated rings. The molecule has 0 heterocycles. The van der Waals surface area contributed by atoms with Gasteiger partial charge in [-0.25, -0.2) is 9.59 Å². The number of aromatic carboxylic acids is 2. The minimum absolute atomic E-state index is 0.117. The molecule has 0 aliphatic rings. The molecule has 154 valence electrons. The Bertz CT molecular complexity index is 538. The van der Waals surface area contributed by atoms with Gasteiger partial charge in [-0.3, -0.25) is 0 Å². The van der Waals surface area contributed by atoms with Crippen molar-refractivity contribution in [1.29, 1.82) is 0 Å². The van der Waals surface area contributed by atoms with E-state index >= 15 is 0 Å². The first-order valence-corrected chi connectivity index (χ1v) is 9.46. The topological polar surface area (TPSA) is 115 Å². The molecule has 0 saturated heterocycles. The van der Waals surface area contributed by atoms with Gasteiger partial charge in [-0.15, -0.1) is 0 Å². The van der Waals surface area contributed by atoms with Crippen molar-refractivity contribution in [3.63, 3.8) is 0 Å². The van der Waals surface area contributed by atoms with E-state index in [1.54, 1.807) is 0 Å². The molecule has 0 amide bonds. The Morgan fingerprint density at radius 1 is 0.963 bits per heavy atom. The summed E-state index contributed by atoms with van der Waals surface area (Å²) in [6.07, 6.45) is 3.15. The van der Waals surface area contributed by atoms with Crippen molar-refractivity contribution in [3.05, 3.63) is 35.4 Å². The van der Waals surface area contributed by atoms with E-state index in [0.717, 1.165) is 24.1 Å². The molecule has 1 atom stereocenters. The molecule has 1 aromatic rings. The molecule has 0 bridgehead atoms. The number of aliphatic hydroxyl groups excluding tert-OH is 2. The minimum Gasteiger partial charge on any atom is -0.478 e. The van der Waals surface area contributed by atoms with E-state index < -0.39 is 18.0 Å². The molecule has 1 unspecified atom stereocenters. The number of quaternary nitrogens is 1. The summed E-state index contributed by atoms with van der Waals surface area (Å²) in [5.74, 6) is -2.46. The molecule has 0 aliphatic carbocycles. The summed E-state index contributed by atoms with van der Waals surface area (Å²) in [4.78, 5) is 20.9. The van der Waals surface area contributed by atoms with Crippen LogP contribution in [0.4, 0.5) is 0 Å². The maximum absolute atomic E-state index is 10.5. The van der Waals surface area contributed by atoms with E-state index in [1.807, 2.05) is 0 Å². The molecule has 0 saturated carbocycles. The number of unbranched alkanes of at least 4 members (excludes halogenated alkanes) is 2. The number of nitrogens with zero attached hydrogens (tertiary/aromatic N) is 1. The quantitative estimate of drug-likeness (QED) is 0.344. The monoisotopic (exact) mass is 384 g/mol. The van der Waals surface area contributed by atoms with Crippen molar-refractivity contribution in [1.82, 2.24) is 0 Å². The van der Waals surface area contributed by atoms with Crippen LogP contribution >= 0.6 is 0 Å². The summed E-state index contributed by atoms with van der Waals surface area (Å²) in [5, 5.41) is 35.5. The first-order valence-electron chi connectivity index (χ1n) is 9.46. The van der Waals surface area contributed by atoms with Crippen LogP contribution in [0.5, 0.6) is 0 Å². The van der Waals surface area contributed by atoms with Crippen LogP contribution in [0.2, 0.25) is 0 Å². The van der Waals surface area contributed by atoms with Crippen molar-refractivity contribution in [2.24, 2.45) is 0 Å². The highest BCUT2D eigenvalue weighted by Gasteiger charge is 2.25. The zero-order valence-corrected chi connectivity index (χ0v) is 16.6. The van der Waals surface area contributed by atoms with Gasteiger partial charge in [0, 0.05) is 0 Å². The first-order chi connectivity index (χ1) is 12.8. The average molecular weight is 384 g/mol. The predicted molar refractivity (Wildman–Crippen MR) is 104 cm³/mol. The second kappa shape index (κ2) is 13.2. The van der Waals surface area contributed by atoms with Crippen LogP contribution < -0.4 is 0 Å². The number of benzene rings is 1. The third-order valence-corrected chi connectivity index (χ3v) is 4.77. The lowest BCUT2D eigenvalue weighted by molar-refractivity contribution is -0.928. The van der Waals surface area contributed by atoms with Gasteiger partial charge in [0.05, 0.1) is 37.4 Å². The lowest BCUT2D eigenvalue weighted by Crippen LogP contribution is -2.53. The number of aliphatic hydroxyl groups is 2. The Morgan fingerprint density at radius 2 is 1.44 bits per heavy atom. The van der Waals surface area contributed by atoms with E-state index in [9.17, 15) is 14.7 Å². The highest BCUT2D eigenvalue weighted by Crippen LogP contribution is 2.11. The zero-order valence-electron chi connectivity index (χ0n) is 16.6. The lowest BCUT2D eigenvalue weighted by atomic mass is 10.1. The van der Waals surface area contributed by atoms with Gasteiger partial charge in [0.25, 0.3) is 0 Å². The van der Waals surface area contributed by atoms with E-state index in [4.69, 9.17) is 15.3 Å². The van der Waals surface area contributed by atoms with Gasteiger partial charge in [0.2, 0.25) is 0 Å². The molecule has 0 aliphatic heterocycles. The van der Waals surface area contributed by atoms with Crippen LogP contribution in [0.25, 0.3) is 0 Å². The standard InChI is InChI=1S/C12H28NO2.C8H6O4/c1-4-7-8-9-13(5-2,6-3)10-12(15)11-14;9-7(10)5-3-1-2-4-6(5)8(11)12/h12,14-15H,4-11H2,1-3H3;1-4H,(H,9,10)(H,11,12)/q+1;. The maximum Gasteiger partial charge on any atom is 0.336 e. The minimum atomic E-state index is -1.23. The molecular formula is C20H34NO6+. The zero-order chi connectivity index (χ0) is 20.9. The fraction of sp³-hybridized carbons (Fsp3) is 0.600. The number of carboxylic acids is 2. The fourth-order valence-corrected chi connectivity index (χ4v) is 2.95. The second-order valence-corrected chi connectivity index (χ2v) is 6.58. The number of hydrogen-bond donors (Lipinski definition) is 4. The van der Waals surface area contributed by atoms with Gasteiger partial charge in [0.1, 0.15) is 12.6 Å². The van der Waals surface area contributed by atoms with E-state index in [2.05, 4.69) is 20.8 Å². The highest BCUT2D eigenvalue weighted by atomic mass is 16.4. The molecule has 0 aromatic heterocycles. The van der Waals surface area contributed by atoms with Gasteiger partial charge in [-0.1, -0.05) is 25.5 Å². The van der Waals surface area contributed by atoms with Crippen molar-refractivity contribution in [2.75, 3.05) is 32.8 Å². The van der Waals surface area contributed by atoms with Gasteiger partial charge in [-0.05, 0) is 38.8 Å². The van der Waals surface area contributed by atoms with Crippen LogP contribution in [-0.4, -0.2) is 75.7 Å². The summed E-state index contributed by atoms with van der Waals surface area (Å²) < 4.78 is 0.932. The fourth-order valence-electron chi connectivity index (χ4n) is 2.95. The van der Waals surface area contributed by atoms with Crippen molar-refractivity contribution in [3.8, 4) is 0 Å². The summed E-state index contributed by atoms with van der Waals surface area (Å²) in [5.41, 5.74) is -0.380. The first kappa shape index (κ1) is 25.0. The molecular weight excluding hydrogens is 350 g/mol. The average Bonchev–Trinajstić information content (AvgIpc) is 2.67. The molecule has 1 aromatic carbocycles. The van der Waals surface area contributed by atoms with Gasteiger partial charge in [0.15, 0.2) is 0 Å². The number of hydrogen-bond acceptors (Lipinski definition) is 4. The van der Waals surface area contributed by atoms with Crippen molar-refractivity contribution in [2.45, 2.75) is 46.1 Å². The van der Waals surface area contributed by atoms with Crippen molar-refractivity contribution < 1.29 is 34.5 Å². The number of likely N-dealkylation sites (N-methyl/N-ethyl adjacent to an activating group) is 1. The predicted octanol–water partition coefficient (Wildman–Crippen LogP) is 2.47. The molecule has 4 N–H and O–H groups in total. The Hall–Kier alpha value is -1.96. The van der Waals surface area contributed by atoms with Crippen LogP contribution in [0.1, 0.15) is 60.7 Å². The normalized spacial score (nSPS) is 12.0. The molecule has 7 nitrogen and oxygen atoms in total. The molecule has 0 spiro atoms. The van der Waals surface area contributed by atoms with Gasteiger partial charge < -0.3 is 24.9 Å². The molecule has 27 heavy (non-hydrogen) atoms. The largest absolute Gasteiger partial charge is 0.478 e. The van der Waals surface area contributed by atoms with Gasteiger partial charge >= 0.3 is 11.9 Å². The number of carboxylic acid groups (broad SMARTS) is 2. The lowest BCUT2D eigenvalue weighted by Gasteiger charge is -2.38. The summed E-state index contributed by atoms with van der Waals surface area (Å²) in [7, 11) is 0. The van der Waals surface area contributed by atoms with E-state index in [-0.39, 0.29) is 17.7 Å². The van der Waals surface area contributed by atoms with Crippen LogP contribution in [0.15, 0.2) is 24.3 Å². The van der Waals surface area contributed by atoms with Gasteiger partial charge in [-0.2, -0.15) is 0 Å². The third kappa shape index (κ3) is 8.99. The SMILES string of the molecule is CCCCC[N+](CC)(CC)CC(O)CO.O=C(O)c1ccccc1C(=O)O. The molecule has 7 heteroatoms. The number of carbonyl (C=O) groups is 2. The Kier molecular flexibility index (Phi) is 12.3. The van der Waals surface area contributed by atoms with Crippen LogP contribution in [-0.2, 0) is 0 Å². The van der Waals surface area contributed by atoms with E-state index in [1.165, 1.54) is 43.5 Å². The third-order valence-electron chi connectivity index (χ3n) is 4.77. The van der Waals surface area contributed by atoms with Crippen molar-refractivity contribution >= 4 is 11.9 Å². The number of rotatable bonds is 11. The smallest absolute Gasteiger partial charge is 0.336 e. The second-order valence-electron chi connectivity index (χ2n) is 6.58. The highest BCUT2D eigenvalue weighted by molar-refractivity contribution is 6.01. The summed E-state index contributed by atoms with van der Waals surface area (Å²) in [6, 6.07) is 5.48. The maximum atomic E-state index is 10.5. The summed E-state index contributed by atoms with van der Waals surface area (Å²) >= 11 is 0. The Labute approximate surface area is 161 Å². The Morgan fingerprint density at radius 3 is 1.78 bits per heavy atom. The Balaban J connectivity index is 0.000000511. The molecule has 0 radical (unpaired) electrons. The van der Waals surface area contributed by atoms with Crippen LogP contribution in [0.3, 0.4) is 0 Å². The van der Waals surface area contributed by atoms with Crippen LogP contribution in [0, 0.1) is 0 Å². The summed E-state index contributed by atoms with van der Waals surface area (Å²) in [6.45, 7) is 10.3.